The number of aryl methyl sites for hydroxylation is 1. The zero-order valence-electron chi connectivity index (χ0n) is 15.5. The number of hydrogen-bond acceptors (Lipinski definition) is 2. The lowest BCUT2D eigenvalue weighted by Gasteiger charge is -2.11. The number of aliphatic hydroxyl groups is 1. The van der Waals surface area contributed by atoms with E-state index < -0.39 is 6.10 Å². The molecule has 1 heterocycles. The highest BCUT2D eigenvalue weighted by atomic mass is 16.3. The van der Waals surface area contributed by atoms with Crippen molar-refractivity contribution in [3.63, 3.8) is 0 Å². The van der Waals surface area contributed by atoms with Crippen LogP contribution in [0.5, 0.6) is 0 Å². The van der Waals surface area contributed by atoms with E-state index >= 15 is 0 Å². The Morgan fingerprint density at radius 3 is 2.12 bits per heavy atom. The highest BCUT2D eigenvalue weighted by Gasteiger charge is 2.13. The van der Waals surface area contributed by atoms with Crippen molar-refractivity contribution in [3.8, 4) is 0 Å². The van der Waals surface area contributed by atoms with E-state index in [0.717, 1.165) is 29.8 Å². The maximum Gasteiger partial charge on any atom is 0.138 e. The minimum absolute atomic E-state index is 0.513. The number of unbranched alkanes of at least 4 members (excludes halogenated alkanes) is 9. The second-order valence-corrected chi connectivity index (χ2v) is 6.97. The van der Waals surface area contributed by atoms with Crippen LogP contribution in [0.3, 0.4) is 0 Å². The summed E-state index contributed by atoms with van der Waals surface area (Å²) in [4.78, 5) is 4.59. The van der Waals surface area contributed by atoms with Crippen LogP contribution in [0.15, 0.2) is 24.3 Å². The SMILES string of the molecule is CCCCCCCCCCCCn1c(C(C)O)nc2ccccc21. The first-order valence-corrected chi connectivity index (χ1v) is 9.87. The monoisotopic (exact) mass is 330 g/mol. The molecule has 3 heteroatoms. The van der Waals surface area contributed by atoms with Gasteiger partial charge < -0.3 is 9.67 Å². The van der Waals surface area contributed by atoms with Gasteiger partial charge in [0, 0.05) is 6.54 Å². The number of rotatable bonds is 12. The zero-order valence-corrected chi connectivity index (χ0v) is 15.5. The summed E-state index contributed by atoms with van der Waals surface area (Å²) >= 11 is 0. The summed E-state index contributed by atoms with van der Waals surface area (Å²) in [6, 6.07) is 8.18. The van der Waals surface area contributed by atoms with Gasteiger partial charge in [-0.25, -0.2) is 4.98 Å². The lowest BCUT2D eigenvalue weighted by molar-refractivity contribution is 0.184. The second-order valence-electron chi connectivity index (χ2n) is 6.97. The van der Waals surface area contributed by atoms with Crippen molar-refractivity contribution in [3.05, 3.63) is 30.1 Å². The lowest BCUT2D eigenvalue weighted by atomic mass is 10.1. The normalized spacial score (nSPS) is 12.8. The Morgan fingerprint density at radius 1 is 0.917 bits per heavy atom. The first-order valence-electron chi connectivity index (χ1n) is 9.87. The number of para-hydroxylation sites is 2. The minimum Gasteiger partial charge on any atom is -0.385 e. The van der Waals surface area contributed by atoms with E-state index in [0.29, 0.717) is 0 Å². The van der Waals surface area contributed by atoms with Gasteiger partial charge in [0.05, 0.1) is 11.0 Å². The molecule has 1 N–H and O–H groups in total. The summed E-state index contributed by atoms with van der Waals surface area (Å²) in [6.45, 7) is 5.03. The van der Waals surface area contributed by atoms with Crippen molar-refractivity contribution in [1.82, 2.24) is 9.55 Å². The quantitative estimate of drug-likeness (QED) is 0.484. The topological polar surface area (TPSA) is 38.0 Å². The Hall–Kier alpha value is -1.35. The predicted molar refractivity (Wildman–Crippen MR) is 102 cm³/mol. The average Bonchev–Trinajstić information content (AvgIpc) is 2.96. The number of aromatic nitrogens is 2. The molecule has 0 spiro atoms. The summed E-state index contributed by atoms with van der Waals surface area (Å²) in [5.74, 6) is 0.798. The number of aliphatic hydroxyl groups excluding tert-OH is 1. The van der Waals surface area contributed by atoms with Crippen molar-refractivity contribution >= 4 is 11.0 Å². The smallest absolute Gasteiger partial charge is 0.138 e. The van der Waals surface area contributed by atoms with Crippen LogP contribution in [0.1, 0.15) is 90.0 Å². The molecule has 3 nitrogen and oxygen atoms in total. The molecule has 0 aliphatic rings. The van der Waals surface area contributed by atoms with Gasteiger partial charge in [0.2, 0.25) is 0 Å². The molecular formula is C21H34N2O. The van der Waals surface area contributed by atoms with Gasteiger partial charge >= 0.3 is 0 Å². The van der Waals surface area contributed by atoms with Crippen molar-refractivity contribution in [2.24, 2.45) is 0 Å². The maximum atomic E-state index is 9.98. The third-order valence-corrected chi connectivity index (χ3v) is 4.79. The predicted octanol–water partition coefficient (Wildman–Crippen LogP) is 6.01. The molecule has 1 unspecified atom stereocenters. The molecule has 24 heavy (non-hydrogen) atoms. The van der Waals surface area contributed by atoms with Crippen LogP contribution >= 0.6 is 0 Å². The van der Waals surface area contributed by atoms with Crippen molar-refractivity contribution in [1.29, 1.82) is 0 Å². The van der Waals surface area contributed by atoms with Crippen molar-refractivity contribution in [2.75, 3.05) is 0 Å². The Morgan fingerprint density at radius 2 is 1.50 bits per heavy atom. The molecule has 0 amide bonds. The van der Waals surface area contributed by atoms with E-state index in [-0.39, 0.29) is 0 Å². The van der Waals surface area contributed by atoms with E-state index in [2.05, 4.69) is 22.5 Å². The van der Waals surface area contributed by atoms with Crippen LogP contribution in [0, 0.1) is 0 Å². The molecule has 0 bridgehead atoms. The van der Waals surface area contributed by atoms with Crippen molar-refractivity contribution in [2.45, 2.75) is 90.7 Å². The Balaban J connectivity index is 1.71. The molecule has 1 aromatic carbocycles. The van der Waals surface area contributed by atoms with Crippen molar-refractivity contribution < 1.29 is 5.11 Å². The fourth-order valence-corrected chi connectivity index (χ4v) is 3.41. The van der Waals surface area contributed by atoms with Gasteiger partial charge in [-0.1, -0.05) is 76.8 Å². The first-order chi connectivity index (χ1) is 11.7. The van der Waals surface area contributed by atoms with Gasteiger partial charge in [-0.3, -0.25) is 0 Å². The Labute approximate surface area is 147 Å². The number of benzene rings is 1. The summed E-state index contributed by atoms with van der Waals surface area (Å²) in [7, 11) is 0. The van der Waals surface area contributed by atoms with Gasteiger partial charge in [-0.05, 0) is 25.5 Å². The van der Waals surface area contributed by atoms with E-state index in [1.54, 1.807) is 6.92 Å². The Kier molecular flexibility index (Phi) is 8.31. The molecule has 2 rings (SSSR count). The first kappa shape index (κ1) is 19.0. The highest BCUT2D eigenvalue weighted by molar-refractivity contribution is 5.75. The molecule has 0 fully saturated rings. The average molecular weight is 331 g/mol. The molecule has 0 radical (unpaired) electrons. The van der Waals surface area contributed by atoms with Gasteiger partial charge in [-0.15, -0.1) is 0 Å². The summed E-state index contributed by atoms with van der Waals surface area (Å²) in [5.41, 5.74) is 2.13. The van der Waals surface area contributed by atoms with E-state index in [4.69, 9.17) is 0 Å². The molecule has 0 aliphatic carbocycles. The summed E-state index contributed by atoms with van der Waals surface area (Å²) in [5, 5.41) is 9.98. The van der Waals surface area contributed by atoms with Crippen LogP contribution in [0.25, 0.3) is 11.0 Å². The fourth-order valence-electron chi connectivity index (χ4n) is 3.41. The molecule has 1 aromatic heterocycles. The summed E-state index contributed by atoms with van der Waals surface area (Å²) < 4.78 is 2.20. The third kappa shape index (κ3) is 5.62. The zero-order chi connectivity index (χ0) is 17.2. The lowest BCUT2D eigenvalue weighted by Crippen LogP contribution is -2.07. The molecule has 0 saturated heterocycles. The van der Waals surface area contributed by atoms with Gasteiger partial charge in [-0.2, -0.15) is 0 Å². The number of imidazole rings is 1. The van der Waals surface area contributed by atoms with E-state index in [9.17, 15) is 5.11 Å². The Bertz CT molecular complexity index is 589. The third-order valence-electron chi connectivity index (χ3n) is 4.79. The van der Waals surface area contributed by atoms with Gasteiger partial charge in [0.1, 0.15) is 11.9 Å². The van der Waals surface area contributed by atoms with Crippen LogP contribution in [0.4, 0.5) is 0 Å². The van der Waals surface area contributed by atoms with Gasteiger partial charge in [0.25, 0.3) is 0 Å². The van der Waals surface area contributed by atoms with Crippen LogP contribution in [-0.4, -0.2) is 14.7 Å². The molecule has 2 aromatic rings. The van der Waals surface area contributed by atoms with E-state index in [1.165, 1.54) is 57.8 Å². The standard InChI is InChI=1S/C21H34N2O/c1-3-4-5-6-7-8-9-10-11-14-17-23-20-16-13-12-15-19(20)22-21(23)18(2)24/h12-13,15-16,18,24H,3-11,14,17H2,1-2H3. The van der Waals surface area contributed by atoms with E-state index in [1.807, 2.05) is 18.2 Å². The maximum absolute atomic E-state index is 9.98. The number of fused-ring (bicyclic) bond motifs is 1. The number of hydrogen-bond donors (Lipinski definition) is 1. The minimum atomic E-state index is -0.513. The largest absolute Gasteiger partial charge is 0.385 e. The summed E-state index contributed by atoms with van der Waals surface area (Å²) in [6.07, 6.45) is 12.9. The number of nitrogens with zero attached hydrogens (tertiary/aromatic N) is 2. The van der Waals surface area contributed by atoms with Gasteiger partial charge in [0.15, 0.2) is 0 Å². The highest BCUT2D eigenvalue weighted by Crippen LogP contribution is 2.21. The molecule has 1 atom stereocenters. The fraction of sp³-hybridized carbons (Fsp3) is 0.667. The van der Waals surface area contributed by atoms with Crippen LogP contribution in [0.2, 0.25) is 0 Å². The van der Waals surface area contributed by atoms with Crippen LogP contribution in [-0.2, 0) is 6.54 Å². The second kappa shape index (κ2) is 10.5. The molecule has 134 valence electrons. The molecular weight excluding hydrogens is 296 g/mol. The molecule has 0 saturated carbocycles. The van der Waals surface area contributed by atoms with Crippen LogP contribution < -0.4 is 0 Å². The molecule has 0 aliphatic heterocycles.